The lowest BCUT2D eigenvalue weighted by Crippen LogP contribution is -2.31. The molecule has 15 heavy (non-hydrogen) atoms. The fraction of sp³-hybridized carbons (Fsp3) is 0.667. The Morgan fingerprint density at radius 3 is 2.93 bits per heavy atom. The molecule has 0 bridgehead atoms. The van der Waals surface area contributed by atoms with Crippen molar-refractivity contribution in [3.05, 3.63) is 24.3 Å². The zero-order valence-electron chi connectivity index (χ0n) is 9.32. The van der Waals surface area contributed by atoms with Crippen LogP contribution in [0.3, 0.4) is 0 Å². The van der Waals surface area contributed by atoms with Crippen molar-refractivity contribution in [3.8, 4) is 0 Å². The molecular weight excluding hydrogens is 186 g/mol. The van der Waals surface area contributed by atoms with Crippen LogP contribution in [0.1, 0.15) is 38.3 Å². The minimum Gasteiger partial charge on any atom is -0.308 e. The summed E-state index contributed by atoms with van der Waals surface area (Å²) in [6, 6.07) is 2.58. The zero-order valence-corrected chi connectivity index (χ0v) is 9.32. The molecule has 0 unspecified atom stereocenters. The number of hydrogen-bond donors (Lipinski definition) is 1. The molecule has 1 N–H and O–H groups in total. The van der Waals surface area contributed by atoms with Crippen molar-refractivity contribution >= 4 is 0 Å². The summed E-state index contributed by atoms with van der Waals surface area (Å²) in [4.78, 5) is 8.11. The summed E-state index contributed by atoms with van der Waals surface area (Å²) in [6.07, 6.45) is 8.99. The summed E-state index contributed by atoms with van der Waals surface area (Å²) in [5.74, 6) is 0.867. The van der Waals surface area contributed by atoms with E-state index in [0.29, 0.717) is 6.04 Å². The topological polar surface area (TPSA) is 37.8 Å². The third kappa shape index (κ3) is 2.99. The van der Waals surface area contributed by atoms with Crippen LogP contribution < -0.4 is 5.32 Å². The van der Waals surface area contributed by atoms with Gasteiger partial charge in [-0.1, -0.05) is 12.8 Å². The maximum Gasteiger partial charge on any atom is 0.115 e. The van der Waals surface area contributed by atoms with E-state index in [9.17, 15) is 0 Å². The summed E-state index contributed by atoms with van der Waals surface area (Å²) in [6.45, 7) is 3.15. The molecule has 3 heteroatoms. The summed E-state index contributed by atoms with van der Waals surface area (Å²) < 4.78 is 0. The maximum absolute atomic E-state index is 4.20. The van der Waals surface area contributed by atoms with E-state index in [1.165, 1.54) is 25.7 Å². The highest BCUT2D eigenvalue weighted by molar-refractivity contribution is 4.97. The Bertz CT molecular complexity index is 280. The predicted octanol–water partition coefficient (Wildman–Crippen LogP) is 2.14. The van der Waals surface area contributed by atoms with Crippen molar-refractivity contribution in [2.75, 3.05) is 0 Å². The largest absolute Gasteiger partial charge is 0.308 e. The predicted molar refractivity (Wildman–Crippen MR) is 60.3 cm³/mol. The zero-order chi connectivity index (χ0) is 10.5. The number of nitrogens with zero attached hydrogens (tertiary/aromatic N) is 2. The Hall–Kier alpha value is -0.960. The van der Waals surface area contributed by atoms with Gasteiger partial charge in [0.05, 0.1) is 5.69 Å². The first-order valence-corrected chi connectivity index (χ1v) is 5.84. The highest BCUT2D eigenvalue weighted by Gasteiger charge is 2.20. The van der Waals surface area contributed by atoms with Gasteiger partial charge >= 0.3 is 0 Å². The van der Waals surface area contributed by atoms with Gasteiger partial charge in [-0.05, 0) is 31.7 Å². The molecule has 3 nitrogen and oxygen atoms in total. The number of nitrogens with one attached hydrogen (secondary N) is 1. The lowest BCUT2D eigenvalue weighted by molar-refractivity contribution is 0.379. The van der Waals surface area contributed by atoms with Crippen LogP contribution in [0.15, 0.2) is 18.6 Å². The molecule has 1 saturated carbocycles. The highest BCUT2D eigenvalue weighted by Crippen LogP contribution is 2.27. The lowest BCUT2D eigenvalue weighted by Gasteiger charge is -2.19. The van der Waals surface area contributed by atoms with Crippen molar-refractivity contribution in [2.24, 2.45) is 5.92 Å². The molecule has 1 heterocycles. The van der Waals surface area contributed by atoms with Crippen LogP contribution in [-0.2, 0) is 6.54 Å². The van der Waals surface area contributed by atoms with E-state index in [4.69, 9.17) is 0 Å². The molecule has 1 fully saturated rings. The standard InChI is InChI=1S/C12H19N3/c1-10(11-4-2-3-5-11)14-8-12-6-7-13-9-15-12/h6-7,9-11,14H,2-5,8H2,1H3/t10-/m0/s1. The second kappa shape index (κ2) is 5.21. The molecule has 1 aromatic heterocycles. The van der Waals surface area contributed by atoms with E-state index in [-0.39, 0.29) is 0 Å². The summed E-state index contributed by atoms with van der Waals surface area (Å²) in [5, 5.41) is 3.55. The van der Waals surface area contributed by atoms with E-state index in [2.05, 4.69) is 22.2 Å². The van der Waals surface area contributed by atoms with Gasteiger partial charge in [0.2, 0.25) is 0 Å². The highest BCUT2D eigenvalue weighted by atomic mass is 14.9. The van der Waals surface area contributed by atoms with Crippen molar-refractivity contribution in [2.45, 2.75) is 45.2 Å². The van der Waals surface area contributed by atoms with Crippen molar-refractivity contribution in [1.29, 1.82) is 0 Å². The average molecular weight is 205 g/mol. The Labute approximate surface area is 91.3 Å². The minimum absolute atomic E-state index is 0.613. The van der Waals surface area contributed by atoms with E-state index >= 15 is 0 Å². The van der Waals surface area contributed by atoms with E-state index in [1.807, 2.05) is 6.07 Å². The van der Waals surface area contributed by atoms with Gasteiger partial charge in [0.25, 0.3) is 0 Å². The summed E-state index contributed by atoms with van der Waals surface area (Å²) in [7, 11) is 0. The van der Waals surface area contributed by atoms with Crippen LogP contribution in [0.4, 0.5) is 0 Å². The van der Waals surface area contributed by atoms with Crippen LogP contribution in [0, 0.1) is 5.92 Å². The van der Waals surface area contributed by atoms with Crippen molar-refractivity contribution < 1.29 is 0 Å². The van der Waals surface area contributed by atoms with Gasteiger partial charge in [-0.15, -0.1) is 0 Å². The normalized spacial score (nSPS) is 19.3. The number of rotatable bonds is 4. The van der Waals surface area contributed by atoms with Crippen molar-refractivity contribution in [3.63, 3.8) is 0 Å². The maximum atomic E-state index is 4.20. The van der Waals surface area contributed by atoms with E-state index in [1.54, 1.807) is 12.5 Å². The average Bonchev–Trinajstić information content (AvgIpc) is 2.81. The van der Waals surface area contributed by atoms with Gasteiger partial charge in [-0.25, -0.2) is 9.97 Å². The van der Waals surface area contributed by atoms with Crippen LogP contribution in [-0.4, -0.2) is 16.0 Å². The Kier molecular flexibility index (Phi) is 3.67. The van der Waals surface area contributed by atoms with Gasteiger partial charge in [0.15, 0.2) is 0 Å². The molecule has 1 atom stereocenters. The summed E-state index contributed by atoms with van der Waals surface area (Å²) >= 11 is 0. The first kappa shape index (κ1) is 10.6. The molecule has 0 aliphatic heterocycles. The van der Waals surface area contributed by atoms with Gasteiger partial charge in [0.1, 0.15) is 6.33 Å². The van der Waals surface area contributed by atoms with Crippen LogP contribution in [0.5, 0.6) is 0 Å². The molecule has 0 spiro atoms. The van der Waals surface area contributed by atoms with Crippen molar-refractivity contribution in [1.82, 2.24) is 15.3 Å². The fourth-order valence-electron chi connectivity index (χ4n) is 2.31. The molecular formula is C12H19N3. The molecule has 2 rings (SSSR count). The SMILES string of the molecule is C[C@H](NCc1ccncn1)C1CCCC1. The first-order valence-electron chi connectivity index (χ1n) is 5.84. The molecule has 0 saturated heterocycles. The molecule has 1 aromatic rings. The molecule has 0 amide bonds. The molecule has 0 aromatic carbocycles. The number of aromatic nitrogens is 2. The molecule has 1 aliphatic rings. The lowest BCUT2D eigenvalue weighted by atomic mass is 10.00. The van der Waals surface area contributed by atoms with Gasteiger partial charge in [-0.2, -0.15) is 0 Å². The van der Waals surface area contributed by atoms with Crippen LogP contribution in [0.2, 0.25) is 0 Å². The van der Waals surface area contributed by atoms with Gasteiger partial charge in [0, 0.05) is 18.8 Å². The van der Waals surface area contributed by atoms with Crippen LogP contribution >= 0.6 is 0 Å². The van der Waals surface area contributed by atoms with E-state index in [0.717, 1.165) is 18.2 Å². The fourth-order valence-corrected chi connectivity index (χ4v) is 2.31. The molecule has 82 valence electrons. The minimum atomic E-state index is 0.613. The second-order valence-corrected chi connectivity index (χ2v) is 4.41. The smallest absolute Gasteiger partial charge is 0.115 e. The number of hydrogen-bond acceptors (Lipinski definition) is 3. The third-order valence-electron chi connectivity index (χ3n) is 3.36. The Balaban J connectivity index is 1.77. The third-order valence-corrected chi connectivity index (χ3v) is 3.36. The second-order valence-electron chi connectivity index (χ2n) is 4.41. The quantitative estimate of drug-likeness (QED) is 0.818. The first-order chi connectivity index (χ1) is 7.36. The van der Waals surface area contributed by atoms with Gasteiger partial charge in [-0.3, -0.25) is 0 Å². The van der Waals surface area contributed by atoms with Gasteiger partial charge < -0.3 is 5.32 Å². The molecule has 0 radical (unpaired) electrons. The van der Waals surface area contributed by atoms with E-state index < -0.39 is 0 Å². The monoisotopic (exact) mass is 205 g/mol. The van der Waals surface area contributed by atoms with Crippen LogP contribution in [0.25, 0.3) is 0 Å². The molecule has 1 aliphatic carbocycles. The summed E-state index contributed by atoms with van der Waals surface area (Å²) in [5.41, 5.74) is 1.08. The Morgan fingerprint density at radius 1 is 1.47 bits per heavy atom. The Morgan fingerprint density at radius 2 is 2.27 bits per heavy atom.